The molecule has 90 valence electrons. The minimum absolute atomic E-state index is 0.133. The molecule has 0 radical (unpaired) electrons. The molecule has 1 aliphatic rings. The number of fused-ring (bicyclic) bond motifs is 1. The van der Waals surface area contributed by atoms with Crippen LogP contribution in [-0.2, 0) is 20.7 Å². The zero-order valence-corrected chi connectivity index (χ0v) is 9.43. The molecule has 0 fully saturated rings. The lowest BCUT2D eigenvalue weighted by atomic mass is 10.1. The van der Waals surface area contributed by atoms with E-state index in [9.17, 15) is 9.59 Å². The lowest BCUT2D eigenvalue weighted by Crippen LogP contribution is -2.40. The average molecular weight is 235 g/mol. The molecular weight excluding hydrogens is 222 g/mol. The van der Waals surface area contributed by atoms with E-state index >= 15 is 0 Å². The highest BCUT2D eigenvalue weighted by Gasteiger charge is 2.28. The topological polar surface area (TPSA) is 64.6 Å². The van der Waals surface area contributed by atoms with Crippen LogP contribution < -0.4 is 10.1 Å². The fourth-order valence-electron chi connectivity index (χ4n) is 1.67. The Kier molecular flexibility index (Phi) is 3.27. The van der Waals surface area contributed by atoms with Crippen LogP contribution in [0.3, 0.4) is 0 Å². The second-order valence-electron chi connectivity index (χ2n) is 3.71. The van der Waals surface area contributed by atoms with E-state index in [-0.39, 0.29) is 12.5 Å². The summed E-state index contributed by atoms with van der Waals surface area (Å²) in [6, 6.07) is 7.50. The van der Waals surface area contributed by atoms with Crippen LogP contribution >= 0.6 is 0 Å². The van der Waals surface area contributed by atoms with E-state index < -0.39 is 12.1 Å². The van der Waals surface area contributed by atoms with Crippen LogP contribution in [0, 0.1) is 0 Å². The number of methoxy groups -OCH3 is 1. The summed E-state index contributed by atoms with van der Waals surface area (Å²) in [5.41, 5.74) is 1.01. The van der Waals surface area contributed by atoms with Crippen LogP contribution in [0.2, 0.25) is 0 Å². The Morgan fingerprint density at radius 1 is 1.47 bits per heavy atom. The maximum atomic E-state index is 11.7. The third kappa shape index (κ3) is 2.55. The third-order valence-electron chi connectivity index (χ3n) is 2.57. The van der Waals surface area contributed by atoms with Gasteiger partial charge < -0.3 is 14.8 Å². The highest BCUT2D eigenvalue weighted by Crippen LogP contribution is 2.27. The number of amides is 1. The summed E-state index contributed by atoms with van der Waals surface area (Å²) in [4.78, 5) is 22.6. The van der Waals surface area contributed by atoms with Gasteiger partial charge in [0.1, 0.15) is 12.3 Å². The van der Waals surface area contributed by atoms with Crippen molar-refractivity contribution in [1.82, 2.24) is 5.32 Å². The molecule has 1 amide bonds. The van der Waals surface area contributed by atoms with Gasteiger partial charge in [0.15, 0.2) is 6.10 Å². The number of esters is 1. The van der Waals surface area contributed by atoms with Gasteiger partial charge in [-0.05, 0) is 11.6 Å². The molecular formula is C12H13NO4. The van der Waals surface area contributed by atoms with Crippen LogP contribution in [0.1, 0.15) is 5.56 Å². The summed E-state index contributed by atoms with van der Waals surface area (Å²) < 4.78 is 9.90. The van der Waals surface area contributed by atoms with Crippen LogP contribution in [0.15, 0.2) is 24.3 Å². The first-order chi connectivity index (χ1) is 8.20. The van der Waals surface area contributed by atoms with Gasteiger partial charge in [-0.1, -0.05) is 18.2 Å². The summed E-state index contributed by atoms with van der Waals surface area (Å²) >= 11 is 0. The van der Waals surface area contributed by atoms with Gasteiger partial charge >= 0.3 is 5.97 Å². The van der Waals surface area contributed by atoms with E-state index in [1.807, 2.05) is 24.3 Å². The molecule has 1 aliphatic heterocycles. The van der Waals surface area contributed by atoms with E-state index in [4.69, 9.17) is 4.74 Å². The number of carbonyl (C=O) groups excluding carboxylic acids is 2. The van der Waals surface area contributed by atoms with Crippen molar-refractivity contribution in [2.75, 3.05) is 13.7 Å². The number of carbonyl (C=O) groups is 2. The van der Waals surface area contributed by atoms with Crippen molar-refractivity contribution in [3.05, 3.63) is 29.8 Å². The fourth-order valence-corrected chi connectivity index (χ4v) is 1.67. The van der Waals surface area contributed by atoms with Gasteiger partial charge in [0, 0.05) is 6.42 Å². The predicted molar refractivity (Wildman–Crippen MR) is 59.6 cm³/mol. The first-order valence-electron chi connectivity index (χ1n) is 5.30. The van der Waals surface area contributed by atoms with Crippen LogP contribution in [0.4, 0.5) is 0 Å². The third-order valence-corrected chi connectivity index (χ3v) is 2.57. The molecule has 1 aromatic carbocycles. The number of nitrogens with one attached hydrogen (secondary N) is 1. The lowest BCUT2D eigenvalue weighted by Gasteiger charge is -2.10. The summed E-state index contributed by atoms with van der Waals surface area (Å²) in [7, 11) is 1.27. The van der Waals surface area contributed by atoms with Gasteiger partial charge in [-0.15, -0.1) is 0 Å². The standard InChI is InChI=1S/C12H13NO4/c1-16-11(14)7-13-12(15)10-6-8-4-2-3-5-9(8)17-10/h2-5,10H,6-7H2,1H3,(H,13,15). The largest absolute Gasteiger partial charge is 0.480 e. The van der Waals surface area contributed by atoms with E-state index in [1.165, 1.54) is 7.11 Å². The van der Waals surface area contributed by atoms with Crippen molar-refractivity contribution in [3.8, 4) is 5.75 Å². The highest BCUT2D eigenvalue weighted by molar-refractivity contribution is 5.86. The van der Waals surface area contributed by atoms with Gasteiger partial charge in [0.2, 0.25) is 0 Å². The first-order valence-corrected chi connectivity index (χ1v) is 5.30. The first kappa shape index (κ1) is 11.4. The molecule has 17 heavy (non-hydrogen) atoms. The molecule has 0 aromatic heterocycles. The molecule has 0 saturated carbocycles. The number of hydrogen-bond acceptors (Lipinski definition) is 4. The van der Waals surface area contributed by atoms with Crippen LogP contribution in [0.5, 0.6) is 5.75 Å². The molecule has 1 unspecified atom stereocenters. The molecule has 1 heterocycles. The minimum atomic E-state index is -0.558. The molecule has 1 atom stereocenters. The van der Waals surface area contributed by atoms with Crippen molar-refractivity contribution in [2.24, 2.45) is 0 Å². The Morgan fingerprint density at radius 3 is 2.94 bits per heavy atom. The average Bonchev–Trinajstić information content (AvgIpc) is 2.79. The van der Waals surface area contributed by atoms with Crippen molar-refractivity contribution < 1.29 is 19.1 Å². The summed E-state index contributed by atoms with van der Waals surface area (Å²) in [6.07, 6.45) is -0.0273. The summed E-state index contributed by atoms with van der Waals surface area (Å²) in [6.45, 7) is -0.133. The number of para-hydroxylation sites is 1. The van der Waals surface area contributed by atoms with Crippen molar-refractivity contribution in [1.29, 1.82) is 0 Å². The maximum absolute atomic E-state index is 11.7. The van der Waals surface area contributed by atoms with Crippen molar-refractivity contribution in [3.63, 3.8) is 0 Å². The van der Waals surface area contributed by atoms with Crippen LogP contribution in [-0.4, -0.2) is 31.6 Å². The second kappa shape index (κ2) is 4.86. The monoisotopic (exact) mass is 235 g/mol. The maximum Gasteiger partial charge on any atom is 0.325 e. The number of rotatable bonds is 3. The molecule has 0 saturated heterocycles. The Balaban J connectivity index is 1.90. The fraction of sp³-hybridized carbons (Fsp3) is 0.333. The van der Waals surface area contributed by atoms with Gasteiger partial charge in [0.25, 0.3) is 5.91 Å². The Hall–Kier alpha value is -2.04. The molecule has 0 bridgehead atoms. The van der Waals surface area contributed by atoms with E-state index in [2.05, 4.69) is 10.1 Å². The van der Waals surface area contributed by atoms with E-state index in [0.29, 0.717) is 6.42 Å². The molecule has 2 rings (SSSR count). The van der Waals surface area contributed by atoms with E-state index in [1.54, 1.807) is 0 Å². The molecule has 1 N–H and O–H groups in total. The van der Waals surface area contributed by atoms with Crippen molar-refractivity contribution in [2.45, 2.75) is 12.5 Å². The smallest absolute Gasteiger partial charge is 0.325 e. The molecule has 1 aromatic rings. The zero-order valence-electron chi connectivity index (χ0n) is 9.43. The summed E-state index contributed by atoms with van der Waals surface area (Å²) in [5, 5.41) is 2.47. The van der Waals surface area contributed by atoms with Gasteiger partial charge in [-0.25, -0.2) is 0 Å². The Morgan fingerprint density at radius 2 is 2.24 bits per heavy atom. The second-order valence-corrected chi connectivity index (χ2v) is 3.71. The predicted octanol–water partition coefficient (Wildman–Crippen LogP) is 0.279. The Labute approximate surface area is 98.7 Å². The van der Waals surface area contributed by atoms with Gasteiger partial charge in [-0.3, -0.25) is 9.59 Å². The lowest BCUT2D eigenvalue weighted by molar-refractivity contribution is -0.141. The quantitative estimate of drug-likeness (QED) is 0.764. The normalized spacial score (nSPS) is 16.9. The SMILES string of the molecule is COC(=O)CNC(=O)C1Cc2ccccc2O1. The minimum Gasteiger partial charge on any atom is -0.480 e. The van der Waals surface area contributed by atoms with Gasteiger partial charge in [-0.2, -0.15) is 0 Å². The van der Waals surface area contributed by atoms with Crippen LogP contribution in [0.25, 0.3) is 0 Å². The number of ether oxygens (including phenoxy) is 2. The molecule has 5 heteroatoms. The zero-order chi connectivity index (χ0) is 12.3. The highest BCUT2D eigenvalue weighted by atomic mass is 16.5. The van der Waals surface area contributed by atoms with E-state index in [0.717, 1.165) is 11.3 Å². The number of benzene rings is 1. The summed E-state index contributed by atoms with van der Waals surface area (Å²) in [5.74, 6) is -0.0498. The molecule has 0 aliphatic carbocycles. The van der Waals surface area contributed by atoms with Gasteiger partial charge in [0.05, 0.1) is 7.11 Å². The molecule has 5 nitrogen and oxygen atoms in total. The Bertz CT molecular complexity index is 419. The van der Waals surface area contributed by atoms with Crippen molar-refractivity contribution >= 4 is 11.9 Å². The molecule has 0 spiro atoms. The number of hydrogen-bond donors (Lipinski definition) is 1.